The van der Waals surface area contributed by atoms with E-state index in [2.05, 4.69) is 66.0 Å². The van der Waals surface area contributed by atoms with Gasteiger partial charge in [0.1, 0.15) is 0 Å². The van der Waals surface area contributed by atoms with Crippen LogP contribution in [0.25, 0.3) is 0 Å². The van der Waals surface area contributed by atoms with Crippen LogP contribution in [0.1, 0.15) is 23.5 Å². The molecule has 0 spiro atoms. The van der Waals surface area contributed by atoms with Gasteiger partial charge in [0.05, 0.1) is 6.61 Å². The predicted molar refractivity (Wildman–Crippen MR) is 90.0 cm³/mol. The van der Waals surface area contributed by atoms with Crippen molar-refractivity contribution in [1.29, 1.82) is 0 Å². The molecule has 0 bridgehead atoms. The molecule has 0 fully saturated rings. The van der Waals surface area contributed by atoms with Gasteiger partial charge in [0.25, 0.3) is 0 Å². The second kappa shape index (κ2) is 5.29. The fourth-order valence-corrected chi connectivity index (χ4v) is 4.07. The molecule has 0 unspecified atom stereocenters. The van der Waals surface area contributed by atoms with Crippen molar-refractivity contribution < 1.29 is 5.11 Å². The molecular formula is C20H21NO. The Morgan fingerprint density at radius 3 is 2.64 bits per heavy atom. The van der Waals surface area contributed by atoms with Crippen LogP contribution in [0.5, 0.6) is 0 Å². The van der Waals surface area contributed by atoms with Gasteiger partial charge in [-0.1, -0.05) is 54.6 Å². The lowest BCUT2D eigenvalue weighted by molar-refractivity contribution is 0.141. The fraction of sp³-hybridized carbons (Fsp3) is 0.300. The molecule has 0 saturated carbocycles. The summed E-state index contributed by atoms with van der Waals surface area (Å²) in [6.07, 6.45) is 6.48. The van der Waals surface area contributed by atoms with E-state index in [1.807, 2.05) is 6.07 Å². The molecule has 2 nitrogen and oxygen atoms in total. The number of para-hydroxylation sites is 1. The highest BCUT2D eigenvalue weighted by molar-refractivity contribution is 5.48. The highest BCUT2D eigenvalue weighted by Gasteiger charge is 2.46. The molecule has 2 aromatic rings. The van der Waals surface area contributed by atoms with Gasteiger partial charge in [-0.05, 0) is 42.0 Å². The maximum atomic E-state index is 10.0. The molecule has 0 aromatic heterocycles. The van der Waals surface area contributed by atoms with Gasteiger partial charge in [-0.2, -0.15) is 0 Å². The van der Waals surface area contributed by atoms with Crippen molar-refractivity contribution >= 4 is 5.69 Å². The van der Waals surface area contributed by atoms with Crippen molar-refractivity contribution in [2.45, 2.75) is 24.8 Å². The smallest absolute Gasteiger partial charge is 0.0531 e. The summed E-state index contributed by atoms with van der Waals surface area (Å²) in [4.78, 5) is 0. The van der Waals surface area contributed by atoms with Crippen LogP contribution < -0.4 is 5.32 Å². The van der Waals surface area contributed by atoms with E-state index in [9.17, 15) is 5.11 Å². The van der Waals surface area contributed by atoms with Crippen molar-refractivity contribution in [1.82, 2.24) is 0 Å². The Balaban J connectivity index is 1.63. The summed E-state index contributed by atoms with van der Waals surface area (Å²) in [5.74, 6) is 0.403. The number of hydrogen-bond acceptors (Lipinski definition) is 2. The molecular weight excluding hydrogens is 270 g/mol. The Morgan fingerprint density at radius 1 is 1.05 bits per heavy atom. The number of fused-ring (bicyclic) bond motifs is 3. The van der Waals surface area contributed by atoms with Crippen molar-refractivity contribution in [2.75, 3.05) is 11.9 Å². The molecule has 2 aliphatic carbocycles. The summed E-state index contributed by atoms with van der Waals surface area (Å²) in [6.45, 7) is 0.223. The minimum atomic E-state index is -0.0987. The van der Waals surface area contributed by atoms with Crippen LogP contribution in [0.2, 0.25) is 0 Å². The second-order valence-electron chi connectivity index (χ2n) is 6.53. The zero-order chi connectivity index (χ0) is 15.0. The Labute approximate surface area is 131 Å². The SMILES string of the molecule is OC[C@]12C=C[C@H](Nc3ccccc3)C[C@H]1c1ccccc1C2. The fourth-order valence-electron chi connectivity index (χ4n) is 4.07. The number of aliphatic hydroxyl groups is 1. The van der Waals surface area contributed by atoms with Crippen molar-refractivity contribution in [2.24, 2.45) is 5.41 Å². The predicted octanol–water partition coefficient (Wildman–Crippen LogP) is 3.75. The molecule has 2 heteroatoms. The summed E-state index contributed by atoms with van der Waals surface area (Å²) in [7, 11) is 0. The minimum absolute atomic E-state index is 0.0987. The monoisotopic (exact) mass is 291 g/mol. The van der Waals surface area contributed by atoms with Gasteiger partial charge in [0.2, 0.25) is 0 Å². The van der Waals surface area contributed by atoms with E-state index in [0.29, 0.717) is 12.0 Å². The molecule has 0 aliphatic heterocycles. The first-order chi connectivity index (χ1) is 10.8. The van der Waals surface area contributed by atoms with E-state index in [1.54, 1.807) is 0 Å². The zero-order valence-corrected chi connectivity index (χ0v) is 12.6. The van der Waals surface area contributed by atoms with Gasteiger partial charge in [0.15, 0.2) is 0 Å². The molecule has 2 N–H and O–H groups in total. The average Bonchev–Trinajstić information content (AvgIpc) is 2.90. The number of aliphatic hydroxyl groups excluding tert-OH is 1. The summed E-state index contributed by atoms with van der Waals surface area (Å²) < 4.78 is 0. The highest BCUT2D eigenvalue weighted by atomic mass is 16.3. The molecule has 0 saturated heterocycles. The van der Waals surface area contributed by atoms with Crippen molar-refractivity contribution in [3.8, 4) is 0 Å². The Morgan fingerprint density at radius 2 is 1.82 bits per heavy atom. The van der Waals surface area contributed by atoms with Gasteiger partial charge in [0, 0.05) is 17.1 Å². The van der Waals surface area contributed by atoms with Crippen LogP contribution in [0.15, 0.2) is 66.7 Å². The topological polar surface area (TPSA) is 32.3 Å². The largest absolute Gasteiger partial charge is 0.395 e. The van der Waals surface area contributed by atoms with E-state index in [4.69, 9.17) is 0 Å². The number of hydrogen-bond donors (Lipinski definition) is 2. The van der Waals surface area contributed by atoms with Gasteiger partial charge in [-0.25, -0.2) is 0 Å². The first kappa shape index (κ1) is 13.6. The lowest BCUT2D eigenvalue weighted by Gasteiger charge is -2.37. The number of anilines is 1. The summed E-state index contributed by atoms with van der Waals surface area (Å²) in [5, 5.41) is 13.6. The molecule has 0 radical (unpaired) electrons. The first-order valence-corrected chi connectivity index (χ1v) is 8.00. The molecule has 2 aliphatic rings. The number of nitrogens with one attached hydrogen (secondary N) is 1. The molecule has 112 valence electrons. The molecule has 2 aromatic carbocycles. The number of rotatable bonds is 3. The second-order valence-corrected chi connectivity index (χ2v) is 6.53. The van der Waals surface area contributed by atoms with Crippen LogP contribution >= 0.6 is 0 Å². The van der Waals surface area contributed by atoms with E-state index in [-0.39, 0.29) is 12.0 Å². The van der Waals surface area contributed by atoms with Crippen LogP contribution in [-0.2, 0) is 6.42 Å². The lowest BCUT2D eigenvalue weighted by Crippen LogP contribution is -2.36. The van der Waals surface area contributed by atoms with Crippen LogP contribution in [-0.4, -0.2) is 17.8 Å². The highest BCUT2D eigenvalue weighted by Crippen LogP contribution is 2.52. The van der Waals surface area contributed by atoms with Crippen LogP contribution in [0.3, 0.4) is 0 Å². The van der Waals surface area contributed by atoms with Gasteiger partial charge in [-0.3, -0.25) is 0 Å². The molecule has 3 atom stereocenters. The first-order valence-electron chi connectivity index (χ1n) is 8.00. The van der Waals surface area contributed by atoms with E-state index < -0.39 is 0 Å². The van der Waals surface area contributed by atoms with E-state index in [0.717, 1.165) is 18.5 Å². The Hall–Kier alpha value is -2.06. The lowest BCUT2D eigenvalue weighted by atomic mass is 9.70. The molecule has 4 rings (SSSR count). The third-order valence-electron chi connectivity index (χ3n) is 5.21. The minimum Gasteiger partial charge on any atom is -0.395 e. The Kier molecular flexibility index (Phi) is 3.27. The third-order valence-corrected chi connectivity index (χ3v) is 5.21. The van der Waals surface area contributed by atoms with Crippen LogP contribution in [0.4, 0.5) is 5.69 Å². The van der Waals surface area contributed by atoms with Crippen molar-refractivity contribution in [3.63, 3.8) is 0 Å². The van der Waals surface area contributed by atoms with E-state index >= 15 is 0 Å². The summed E-state index contributed by atoms with van der Waals surface area (Å²) >= 11 is 0. The zero-order valence-electron chi connectivity index (χ0n) is 12.6. The summed E-state index contributed by atoms with van der Waals surface area (Å²) in [6, 6.07) is 19.3. The van der Waals surface area contributed by atoms with Crippen molar-refractivity contribution in [3.05, 3.63) is 77.9 Å². The maximum absolute atomic E-state index is 10.0. The average molecular weight is 291 g/mol. The molecule has 0 heterocycles. The third kappa shape index (κ3) is 2.15. The van der Waals surface area contributed by atoms with E-state index in [1.165, 1.54) is 11.1 Å². The number of benzene rings is 2. The quantitative estimate of drug-likeness (QED) is 0.844. The van der Waals surface area contributed by atoms with Crippen LogP contribution in [0, 0.1) is 5.41 Å². The molecule has 0 amide bonds. The molecule has 22 heavy (non-hydrogen) atoms. The summed E-state index contributed by atoms with van der Waals surface area (Å²) in [5.41, 5.74) is 3.87. The van der Waals surface area contributed by atoms with Gasteiger partial charge >= 0.3 is 0 Å². The maximum Gasteiger partial charge on any atom is 0.0531 e. The van der Waals surface area contributed by atoms with Gasteiger partial charge < -0.3 is 10.4 Å². The van der Waals surface area contributed by atoms with Gasteiger partial charge in [-0.15, -0.1) is 0 Å². The standard InChI is InChI=1S/C20H21NO/c22-14-20-11-10-17(21-16-7-2-1-3-8-16)12-19(20)18-9-5-4-6-15(18)13-20/h1-11,17,19,21-22H,12-14H2/t17-,19-,20+/m0/s1. The normalized spacial score (nSPS) is 29.0. The Bertz CT molecular complexity index is 694.